The van der Waals surface area contributed by atoms with Crippen LogP contribution in [0.5, 0.6) is 0 Å². The molecule has 0 spiro atoms. The number of hydrogen-bond donors (Lipinski definition) is 4. The van der Waals surface area contributed by atoms with Gasteiger partial charge in [-0.2, -0.15) is 0 Å². The number of carbonyl (C=O) groups excluding carboxylic acids is 1. The number of likely N-dealkylation sites (N-methyl/N-ethyl adjacent to an activating group) is 1. The molecule has 4 N–H and O–H groups in total. The minimum absolute atomic E-state index is 0.0194. The van der Waals surface area contributed by atoms with Crippen LogP contribution < -0.4 is 10.6 Å². The van der Waals surface area contributed by atoms with Gasteiger partial charge in [0.15, 0.2) is 15.7 Å². The molecule has 9 rings (SSSR count). The Morgan fingerprint density at radius 2 is 1.56 bits per heavy atom. The summed E-state index contributed by atoms with van der Waals surface area (Å²) in [5, 5.41) is 22.0. The van der Waals surface area contributed by atoms with E-state index < -0.39 is 5.67 Å². The van der Waals surface area contributed by atoms with Crippen LogP contribution >= 0.6 is 22.7 Å². The Labute approximate surface area is 327 Å². The predicted molar refractivity (Wildman–Crippen MR) is 219 cm³/mol. The second kappa shape index (κ2) is 15.7. The second-order valence-corrected chi connectivity index (χ2v) is 17.1. The van der Waals surface area contributed by atoms with E-state index in [4.69, 9.17) is 6.42 Å². The molecular weight excluding hydrogens is 734 g/mol. The highest BCUT2D eigenvalue weighted by Gasteiger charge is 2.48. The zero-order valence-corrected chi connectivity index (χ0v) is 32.9. The van der Waals surface area contributed by atoms with Crippen molar-refractivity contribution in [2.75, 3.05) is 43.4 Å². The number of aromatic amines is 2. The van der Waals surface area contributed by atoms with Gasteiger partial charge in [-0.05, 0) is 56.2 Å². The minimum Gasteiger partial charge on any atom is -0.380 e. The summed E-state index contributed by atoms with van der Waals surface area (Å²) in [6, 6.07) is 4.56. The number of anilines is 2. The first-order valence-corrected chi connectivity index (χ1v) is 20.7. The normalized spacial score (nSPS) is 22.2. The maximum atomic E-state index is 14.5. The fourth-order valence-corrected chi connectivity index (χ4v) is 9.59. The summed E-state index contributed by atoms with van der Waals surface area (Å²) in [5.74, 6) is 3.48. The SMILES string of the molecule is C#CCC(=O)N1C[C@@H](C)C[C@@H](Nc2c(-c3nnc(C4(F)CC4)s3)cnc3[nH]ccc23)C1.CCN1C[C@@H](C)C[C@@H](Nc2c(-c3nccs3)cnc3[nH]ccc23)C1. The van der Waals surface area contributed by atoms with Crippen LogP contribution in [0.1, 0.15) is 57.9 Å². The number of likely N-dealkylation sites (tertiary alicyclic amines) is 2. The van der Waals surface area contributed by atoms with E-state index in [9.17, 15) is 9.18 Å². The monoisotopic (exact) mass is 779 g/mol. The van der Waals surface area contributed by atoms with Crippen LogP contribution in [0.3, 0.4) is 0 Å². The van der Waals surface area contributed by atoms with Crippen LogP contribution in [0.15, 0.2) is 48.5 Å². The molecule has 1 amide bonds. The molecule has 2 saturated heterocycles. The lowest BCUT2D eigenvalue weighted by molar-refractivity contribution is -0.131. The number of piperidine rings is 2. The molecular formula is C40H46FN11OS2. The third-order valence-corrected chi connectivity index (χ3v) is 12.7. The lowest BCUT2D eigenvalue weighted by atomic mass is 9.95. The van der Waals surface area contributed by atoms with Gasteiger partial charge in [-0.15, -0.1) is 28.0 Å². The summed E-state index contributed by atoms with van der Waals surface area (Å²) in [6.45, 7) is 11.4. The van der Waals surface area contributed by atoms with Gasteiger partial charge in [-0.1, -0.05) is 38.0 Å². The van der Waals surface area contributed by atoms with E-state index in [2.05, 4.69) is 83.4 Å². The van der Waals surface area contributed by atoms with Crippen molar-refractivity contribution >= 4 is 62.0 Å². The first-order valence-electron chi connectivity index (χ1n) is 19.0. The van der Waals surface area contributed by atoms with Crippen molar-refractivity contribution in [3.63, 3.8) is 0 Å². The number of rotatable bonds is 9. The molecule has 2 aliphatic heterocycles. The molecule has 3 aliphatic rings. The van der Waals surface area contributed by atoms with E-state index >= 15 is 0 Å². The van der Waals surface area contributed by atoms with E-state index in [0.717, 1.165) is 69.1 Å². The van der Waals surface area contributed by atoms with Gasteiger partial charge in [0.1, 0.15) is 16.3 Å². The van der Waals surface area contributed by atoms with Crippen LogP contribution in [-0.2, 0) is 10.5 Å². The third kappa shape index (κ3) is 7.94. The Morgan fingerprint density at radius 1 is 0.927 bits per heavy atom. The smallest absolute Gasteiger partial charge is 0.234 e. The van der Waals surface area contributed by atoms with Gasteiger partial charge in [-0.3, -0.25) is 4.79 Å². The molecule has 55 heavy (non-hydrogen) atoms. The number of amides is 1. The van der Waals surface area contributed by atoms with Crippen molar-refractivity contribution in [3.05, 3.63) is 53.5 Å². The molecule has 12 nitrogen and oxygen atoms in total. The van der Waals surface area contributed by atoms with E-state index in [1.165, 1.54) is 24.3 Å². The van der Waals surface area contributed by atoms with Gasteiger partial charge in [0.05, 0.1) is 28.9 Å². The second-order valence-electron chi connectivity index (χ2n) is 15.2. The van der Waals surface area contributed by atoms with Gasteiger partial charge in [0.25, 0.3) is 0 Å². The summed E-state index contributed by atoms with van der Waals surface area (Å²) in [4.78, 5) is 36.7. The van der Waals surface area contributed by atoms with Gasteiger partial charge in [0.2, 0.25) is 5.91 Å². The minimum atomic E-state index is -1.31. The first kappa shape index (κ1) is 37.0. The lowest BCUT2D eigenvalue weighted by Gasteiger charge is -2.37. The molecule has 0 unspecified atom stereocenters. The molecule has 286 valence electrons. The number of aromatic nitrogens is 7. The number of fused-ring (bicyclic) bond motifs is 2. The molecule has 3 fully saturated rings. The third-order valence-electron chi connectivity index (χ3n) is 10.7. The number of nitrogens with zero attached hydrogens (tertiary/aromatic N) is 7. The number of thiazole rings is 1. The Bertz CT molecular complexity index is 2310. The number of H-pyrrole nitrogens is 2. The van der Waals surface area contributed by atoms with E-state index in [1.807, 2.05) is 41.1 Å². The van der Waals surface area contributed by atoms with Crippen LogP contribution in [0.2, 0.25) is 0 Å². The summed E-state index contributed by atoms with van der Waals surface area (Å²) >= 11 is 2.94. The van der Waals surface area contributed by atoms with Crippen molar-refractivity contribution in [3.8, 4) is 33.5 Å². The van der Waals surface area contributed by atoms with E-state index in [1.54, 1.807) is 17.5 Å². The average Bonchev–Trinajstić information content (AvgIpc) is 3.81. The highest BCUT2D eigenvalue weighted by atomic mass is 32.1. The van der Waals surface area contributed by atoms with Crippen molar-refractivity contribution in [2.24, 2.45) is 11.8 Å². The van der Waals surface area contributed by atoms with Gasteiger partial charge < -0.3 is 30.4 Å². The van der Waals surface area contributed by atoms with Crippen molar-refractivity contribution < 1.29 is 9.18 Å². The topological polar surface area (TPSA) is 144 Å². The standard InChI is InChI=1S/C22H23FN6OS.C18H23N5S/c1-3-4-17(30)29-11-13(2)9-14(12-29)26-18-15-5-8-24-19(15)25-10-16(18)20-27-28-21(31-20)22(23)6-7-22;1-3-23-10-12(2)8-13(11-23)22-16-14-4-5-19-17(14)21-9-15(16)18-20-6-7-24-18/h1,5,8,10,13-14H,4,6-7,9,11-12H2,2H3,(H2,24,25,26);4-7,9,12-13H,3,8,10-11H2,1-2H3,(H2,19,21,22)/t13-,14+;12-,13+/m00/s1. The molecule has 8 heterocycles. The fourth-order valence-electron chi connectivity index (χ4n) is 7.94. The van der Waals surface area contributed by atoms with Crippen molar-refractivity contribution in [1.29, 1.82) is 0 Å². The van der Waals surface area contributed by atoms with Crippen LogP contribution in [0.25, 0.3) is 43.2 Å². The fraction of sp³-hybridized carbons (Fsp3) is 0.450. The molecule has 4 atom stereocenters. The molecule has 0 radical (unpaired) electrons. The zero-order chi connectivity index (χ0) is 38.1. The number of pyridine rings is 2. The van der Waals surface area contributed by atoms with E-state index in [0.29, 0.717) is 53.8 Å². The van der Waals surface area contributed by atoms with Gasteiger partial charge >= 0.3 is 0 Å². The molecule has 6 aromatic rings. The average molecular weight is 780 g/mol. The summed E-state index contributed by atoms with van der Waals surface area (Å²) < 4.78 is 14.5. The summed E-state index contributed by atoms with van der Waals surface area (Å²) in [5.41, 5.74) is 4.29. The first-order chi connectivity index (χ1) is 26.7. The number of halogens is 1. The molecule has 1 aliphatic carbocycles. The van der Waals surface area contributed by atoms with Crippen molar-refractivity contribution in [1.82, 2.24) is 44.9 Å². The van der Waals surface area contributed by atoms with Crippen molar-refractivity contribution in [2.45, 2.75) is 70.6 Å². The lowest BCUT2D eigenvalue weighted by Crippen LogP contribution is -2.48. The van der Waals surface area contributed by atoms with Crippen LogP contribution in [0.4, 0.5) is 15.8 Å². The number of carbonyl (C=O) groups is 1. The number of hydrogen-bond acceptors (Lipinski definition) is 11. The molecule has 1 saturated carbocycles. The van der Waals surface area contributed by atoms with Crippen LogP contribution in [-0.4, -0.2) is 95.6 Å². The number of alkyl halides is 1. The highest BCUT2D eigenvalue weighted by Crippen LogP contribution is 2.51. The number of nitrogens with one attached hydrogen (secondary N) is 4. The Hall–Kier alpha value is -4.91. The largest absolute Gasteiger partial charge is 0.380 e. The molecule has 0 bridgehead atoms. The zero-order valence-electron chi connectivity index (χ0n) is 31.3. The molecule has 6 aromatic heterocycles. The maximum Gasteiger partial charge on any atom is 0.234 e. The summed E-state index contributed by atoms with van der Waals surface area (Å²) in [7, 11) is 0. The van der Waals surface area contributed by atoms with Crippen LogP contribution in [0, 0.1) is 24.2 Å². The highest BCUT2D eigenvalue weighted by molar-refractivity contribution is 7.15. The molecule has 15 heteroatoms. The van der Waals surface area contributed by atoms with Gasteiger partial charge in [-0.25, -0.2) is 19.3 Å². The summed E-state index contributed by atoms with van der Waals surface area (Å²) in [6.07, 6.45) is 17.9. The Morgan fingerprint density at radius 3 is 2.16 bits per heavy atom. The number of terminal acetylenes is 1. The maximum absolute atomic E-state index is 14.5. The molecule has 0 aromatic carbocycles. The Kier molecular flexibility index (Phi) is 10.6. The predicted octanol–water partition coefficient (Wildman–Crippen LogP) is 7.54. The van der Waals surface area contributed by atoms with Gasteiger partial charge in [0, 0.05) is 85.4 Å². The Balaban J connectivity index is 0.000000160. The van der Waals surface area contributed by atoms with E-state index in [-0.39, 0.29) is 18.4 Å². The quantitative estimate of drug-likeness (QED) is 0.110.